The number of nitriles is 1. The van der Waals surface area contributed by atoms with Crippen LogP contribution in [0, 0.1) is 11.3 Å². The van der Waals surface area contributed by atoms with Crippen LogP contribution < -0.4 is 0 Å². The lowest BCUT2D eigenvalue weighted by Gasteiger charge is -2.28. The molecular formula is C14H11Cl2N3. The molecule has 5 heteroatoms. The van der Waals surface area contributed by atoms with E-state index in [0.717, 1.165) is 17.0 Å². The van der Waals surface area contributed by atoms with E-state index in [1.165, 1.54) is 0 Å². The fourth-order valence-electron chi connectivity index (χ4n) is 2.49. The third-order valence-electron chi connectivity index (χ3n) is 3.41. The summed E-state index contributed by atoms with van der Waals surface area (Å²) in [6.07, 6.45) is 4.71. The van der Waals surface area contributed by atoms with Crippen LogP contribution in [0.3, 0.4) is 0 Å². The topological polar surface area (TPSA) is 41.6 Å². The summed E-state index contributed by atoms with van der Waals surface area (Å²) >= 11 is 12.4. The second-order valence-corrected chi connectivity index (χ2v) is 6.32. The van der Waals surface area contributed by atoms with E-state index < -0.39 is 4.33 Å². The van der Waals surface area contributed by atoms with Crippen LogP contribution in [0.25, 0.3) is 11.3 Å². The summed E-state index contributed by atoms with van der Waals surface area (Å²) in [6, 6.07) is 7.99. The maximum Gasteiger partial charge on any atom is 0.125 e. The predicted molar refractivity (Wildman–Crippen MR) is 75.1 cm³/mol. The summed E-state index contributed by atoms with van der Waals surface area (Å²) in [4.78, 5) is 4.13. The van der Waals surface area contributed by atoms with E-state index in [1.807, 2.05) is 18.2 Å². The number of pyridine rings is 1. The zero-order chi connectivity index (χ0) is 13.5. The molecule has 0 fully saturated rings. The van der Waals surface area contributed by atoms with Crippen molar-refractivity contribution in [1.29, 1.82) is 5.26 Å². The SMILES string of the molecule is N#Cc1cc(-c2cccnc2)n2c1CC(Cl)(Cl)CC2. The van der Waals surface area contributed by atoms with E-state index in [9.17, 15) is 5.26 Å². The molecule has 0 radical (unpaired) electrons. The van der Waals surface area contributed by atoms with Crippen LogP contribution in [0.5, 0.6) is 0 Å². The van der Waals surface area contributed by atoms with E-state index in [0.29, 0.717) is 24.9 Å². The minimum absolute atomic E-state index is 0.499. The number of hydrogen-bond donors (Lipinski definition) is 0. The highest BCUT2D eigenvalue weighted by molar-refractivity contribution is 6.48. The van der Waals surface area contributed by atoms with Gasteiger partial charge in [0, 0.05) is 36.6 Å². The van der Waals surface area contributed by atoms with Crippen LogP contribution in [0.15, 0.2) is 30.6 Å². The monoisotopic (exact) mass is 291 g/mol. The van der Waals surface area contributed by atoms with Gasteiger partial charge in [-0.15, -0.1) is 23.2 Å². The Morgan fingerprint density at radius 2 is 2.26 bits per heavy atom. The maximum atomic E-state index is 9.26. The summed E-state index contributed by atoms with van der Waals surface area (Å²) < 4.78 is 1.35. The molecule has 0 unspecified atom stereocenters. The van der Waals surface area contributed by atoms with Gasteiger partial charge in [0.15, 0.2) is 0 Å². The van der Waals surface area contributed by atoms with Gasteiger partial charge in [0.2, 0.25) is 0 Å². The van der Waals surface area contributed by atoms with Gasteiger partial charge in [0.1, 0.15) is 10.4 Å². The average molecular weight is 292 g/mol. The third-order valence-corrected chi connectivity index (χ3v) is 4.06. The molecule has 19 heavy (non-hydrogen) atoms. The largest absolute Gasteiger partial charge is 0.343 e. The number of rotatable bonds is 1. The van der Waals surface area contributed by atoms with Crippen molar-refractivity contribution in [3.05, 3.63) is 41.9 Å². The standard InChI is InChI=1S/C14H11Cl2N3/c15-14(16)3-5-19-12(10-2-1-4-18-9-10)6-11(8-17)13(19)7-14/h1-2,4,6,9H,3,5,7H2. The summed E-state index contributed by atoms with van der Waals surface area (Å²) in [5.41, 5.74) is 3.56. The van der Waals surface area contributed by atoms with Gasteiger partial charge in [-0.2, -0.15) is 5.26 Å². The van der Waals surface area contributed by atoms with E-state index in [4.69, 9.17) is 23.2 Å². The Morgan fingerprint density at radius 3 is 2.95 bits per heavy atom. The molecule has 0 aromatic carbocycles. The van der Waals surface area contributed by atoms with Gasteiger partial charge in [0.05, 0.1) is 11.3 Å². The van der Waals surface area contributed by atoms with E-state index in [2.05, 4.69) is 15.6 Å². The zero-order valence-electron chi connectivity index (χ0n) is 10.1. The first-order valence-electron chi connectivity index (χ1n) is 6.01. The van der Waals surface area contributed by atoms with Crippen LogP contribution in [0.4, 0.5) is 0 Å². The minimum atomic E-state index is -0.772. The van der Waals surface area contributed by atoms with Crippen LogP contribution in [0.2, 0.25) is 0 Å². The molecular weight excluding hydrogens is 281 g/mol. The average Bonchev–Trinajstić information content (AvgIpc) is 2.76. The van der Waals surface area contributed by atoms with Gasteiger partial charge < -0.3 is 4.57 Å². The molecule has 0 bridgehead atoms. The van der Waals surface area contributed by atoms with Crippen molar-refractivity contribution in [3.63, 3.8) is 0 Å². The van der Waals surface area contributed by atoms with Gasteiger partial charge >= 0.3 is 0 Å². The van der Waals surface area contributed by atoms with Gasteiger partial charge in [-0.1, -0.05) is 0 Å². The molecule has 1 aliphatic rings. The van der Waals surface area contributed by atoms with Crippen LogP contribution in [0.1, 0.15) is 17.7 Å². The number of nitrogens with zero attached hydrogens (tertiary/aromatic N) is 3. The molecule has 0 saturated carbocycles. The van der Waals surface area contributed by atoms with Gasteiger partial charge in [-0.3, -0.25) is 4.98 Å². The Hall–Kier alpha value is -1.50. The first-order chi connectivity index (χ1) is 9.11. The highest BCUT2D eigenvalue weighted by Gasteiger charge is 2.33. The molecule has 2 aromatic heterocycles. The Balaban J connectivity index is 2.15. The lowest BCUT2D eigenvalue weighted by Crippen LogP contribution is -2.27. The molecule has 0 aliphatic carbocycles. The smallest absolute Gasteiger partial charge is 0.125 e. The minimum Gasteiger partial charge on any atom is -0.343 e. The van der Waals surface area contributed by atoms with Gasteiger partial charge in [-0.25, -0.2) is 0 Å². The lowest BCUT2D eigenvalue weighted by atomic mass is 10.1. The molecule has 3 heterocycles. The van der Waals surface area contributed by atoms with E-state index in [1.54, 1.807) is 12.4 Å². The van der Waals surface area contributed by atoms with Crippen LogP contribution in [-0.2, 0) is 13.0 Å². The molecule has 1 aliphatic heterocycles. The van der Waals surface area contributed by atoms with Crippen molar-refractivity contribution in [2.24, 2.45) is 0 Å². The summed E-state index contributed by atoms with van der Waals surface area (Å²) in [7, 11) is 0. The summed E-state index contributed by atoms with van der Waals surface area (Å²) in [5, 5.41) is 9.26. The Labute approximate surface area is 121 Å². The molecule has 3 nitrogen and oxygen atoms in total. The molecule has 2 aromatic rings. The molecule has 0 N–H and O–H groups in total. The molecule has 96 valence electrons. The quantitative estimate of drug-likeness (QED) is 0.754. The molecule has 3 rings (SSSR count). The fourth-order valence-corrected chi connectivity index (χ4v) is 2.92. The number of hydrogen-bond acceptors (Lipinski definition) is 2. The van der Waals surface area contributed by atoms with Gasteiger partial charge in [0.25, 0.3) is 0 Å². The predicted octanol–water partition coefficient (Wildman–Crippen LogP) is 3.54. The van der Waals surface area contributed by atoms with Gasteiger partial charge in [-0.05, 0) is 24.6 Å². The second kappa shape index (κ2) is 4.56. The molecule has 0 saturated heterocycles. The Kier molecular flexibility index (Phi) is 3.00. The Morgan fingerprint density at radius 1 is 1.42 bits per heavy atom. The normalized spacial score (nSPS) is 16.7. The maximum absolute atomic E-state index is 9.26. The first-order valence-corrected chi connectivity index (χ1v) is 6.77. The van der Waals surface area contributed by atoms with Crippen molar-refractivity contribution in [3.8, 4) is 17.3 Å². The van der Waals surface area contributed by atoms with Crippen molar-refractivity contribution in [2.45, 2.75) is 23.7 Å². The fraction of sp³-hybridized carbons (Fsp3) is 0.286. The Bertz CT molecular complexity index is 653. The summed E-state index contributed by atoms with van der Waals surface area (Å²) in [5.74, 6) is 0. The molecule has 0 spiro atoms. The van der Waals surface area contributed by atoms with Crippen molar-refractivity contribution in [2.75, 3.05) is 0 Å². The lowest BCUT2D eigenvalue weighted by molar-refractivity contribution is 0.512. The number of halogens is 2. The van der Waals surface area contributed by atoms with Crippen molar-refractivity contribution < 1.29 is 0 Å². The highest BCUT2D eigenvalue weighted by atomic mass is 35.5. The molecule has 0 amide bonds. The summed E-state index contributed by atoms with van der Waals surface area (Å²) in [6.45, 7) is 0.717. The van der Waals surface area contributed by atoms with Crippen LogP contribution >= 0.6 is 23.2 Å². The third kappa shape index (κ3) is 2.22. The number of aromatic nitrogens is 2. The highest BCUT2D eigenvalue weighted by Crippen LogP contribution is 2.39. The van der Waals surface area contributed by atoms with Crippen LogP contribution in [-0.4, -0.2) is 13.9 Å². The second-order valence-electron chi connectivity index (χ2n) is 4.68. The van der Waals surface area contributed by atoms with Crippen molar-refractivity contribution >= 4 is 23.2 Å². The number of fused-ring (bicyclic) bond motifs is 1. The van der Waals surface area contributed by atoms with Crippen molar-refractivity contribution in [1.82, 2.24) is 9.55 Å². The van der Waals surface area contributed by atoms with E-state index in [-0.39, 0.29) is 0 Å². The van der Waals surface area contributed by atoms with E-state index >= 15 is 0 Å². The molecule has 0 atom stereocenters. The zero-order valence-corrected chi connectivity index (χ0v) is 11.6. The number of alkyl halides is 2. The first kappa shape index (κ1) is 12.5.